The van der Waals surface area contributed by atoms with E-state index in [9.17, 15) is 0 Å². The van der Waals surface area contributed by atoms with E-state index in [0.717, 1.165) is 36.4 Å². The molecule has 2 aromatic carbocycles. The van der Waals surface area contributed by atoms with Gasteiger partial charge in [0.2, 0.25) is 0 Å². The van der Waals surface area contributed by atoms with Crippen LogP contribution in [0.5, 0.6) is 0 Å². The first-order valence-electron chi connectivity index (χ1n) is 11.7. The van der Waals surface area contributed by atoms with Gasteiger partial charge in [-0.05, 0) is 68.4 Å². The summed E-state index contributed by atoms with van der Waals surface area (Å²) >= 11 is 0. The van der Waals surface area contributed by atoms with Crippen LogP contribution in [-0.4, -0.2) is 24.7 Å². The van der Waals surface area contributed by atoms with Crippen molar-refractivity contribution in [1.29, 1.82) is 0 Å². The average Bonchev–Trinajstić information content (AvgIpc) is 3.22. The molecule has 2 bridgehead atoms. The number of ether oxygens (including phenoxy) is 1. The third-order valence-electron chi connectivity index (χ3n) is 7.32. The highest BCUT2D eigenvalue weighted by molar-refractivity contribution is 7.73. The molecule has 2 fully saturated rings. The quantitative estimate of drug-likeness (QED) is 0.564. The third kappa shape index (κ3) is 4.09. The molecule has 5 rings (SSSR count). The van der Waals surface area contributed by atoms with Gasteiger partial charge in [-0.1, -0.05) is 74.5 Å². The minimum atomic E-state index is -0.419. The van der Waals surface area contributed by atoms with Crippen LogP contribution in [0.3, 0.4) is 0 Å². The van der Waals surface area contributed by atoms with Gasteiger partial charge in [-0.25, -0.2) is 4.99 Å². The Morgan fingerprint density at radius 1 is 0.867 bits per heavy atom. The Bertz CT molecular complexity index is 821. The van der Waals surface area contributed by atoms with Crippen molar-refractivity contribution in [1.82, 2.24) is 0 Å². The molecule has 0 radical (unpaired) electrons. The van der Waals surface area contributed by atoms with Crippen LogP contribution in [0.1, 0.15) is 46.0 Å². The van der Waals surface area contributed by atoms with Crippen molar-refractivity contribution >= 4 is 24.4 Å². The monoisotopic (exact) mass is 419 g/mol. The van der Waals surface area contributed by atoms with E-state index in [1.165, 1.54) is 42.7 Å². The van der Waals surface area contributed by atoms with E-state index in [-0.39, 0.29) is 11.5 Å². The van der Waals surface area contributed by atoms with Crippen molar-refractivity contribution in [2.24, 2.45) is 28.2 Å². The Morgan fingerprint density at radius 3 is 2.00 bits per heavy atom. The molecule has 2 aliphatic carbocycles. The van der Waals surface area contributed by atoms with Crippen LogP contribution in [-0.2, 0) is 4.74 Å². The van der Waals surface area contributed by atoms with Gasteiger partial charge in [0.05, 0.1) is 6.04 Å². The zero-order chi connectivity index (χ0) is 20.6. The second-order valence-electron chi connectivity index (χ2n) is 10.1. The fourth-order valence-electron chi connectivity index (χ4n) is 6.55. The molecule has 3 heteroatoms. The summed E-state index contributed by atoms with van der Waals surface area (Å²) in [5.41, 5.74) is 0.219. The van der Waals surface area contributed by atoms with E-state index < -0.39 is 7.92 Å². The molecule has 2 saturated carbocycles. The van der Waals surface area contributed by atoms with Crippen molar-refractivity contribution in [3.63, 3.8) is 0 Å². The normalized spacial score (nSPS) is 33.2. The molecule has 158 valence electrons. The van der Waals surface area contributed by atoms with E-state index in [2.05, 4.69) is 74.5 Å². The minimum absolute atomic E-state index is 0.219. The lowest BCUT2D eigenvalue weighted by Crippen LogP contribution is -2.44. The summed E-state index contributed by atoms with van der Waals surface area (Å²) in [5, 5.41) is 2.89. The van der Waals surface area contributed by atoms with E-state index in [0.29, 0.717) is 0 Å². The molecule has 2 nitrogen and oxygen atoms in total. The van der Waals surface area contributed by atoms with Crippen LogP contribution >= 0.6 is 7.92 Å². The van der Waals surface area contributed by atoms with Crippen LogP contribution in [0.15, 0.2) is 65.7 Å². The summed E-state index contributed by atoms with van der Waals surface area (Å²) in [6.07, 6.45) is 7.72. The number of hydrogen-bond donors (Lipinski definition) is 0. The SMILES string of the molecule is CC1CC2CC(C)CC(C3=NC(CP(c4ccccc4)c4ccccc4)CO3)(C1)C2. The molecular formula is C27H34NOP. The van der Waals surface area contributed by atoms with Gasteiger partial charge in [-0.15, -0.1) is 0 Å². The van der Waals surface area contributed by atoms with Crippen molar-refractivity contribution in [2.45, 2.75) is 52.0 Å². The van der Waals surface area contributed by atoms with Crippen LogP contribution < -0.4 is 10.6 Å². The second kappa shape index (κ2) is 8.46. The topological polar surface area (TPSA) is 21.6 Å². The predicted molar refractivity (Wildman–Crippen MR) is 128 cm³/mol. The van der Waals surface area contributed by atoms with Crippen molar-refractivity contribution in [3.8, 4) is 0 Å². The summed E-state index contributed by atoms with van der Waals surface area (Å²) in [7, 11) is -0.419. The van der Waals surface area contributed by atoms with E-state index in [1.54, 1.807) is 0 Å². The number of nitrogens with zero attached hydrogens (tertiary/aromatic N) is 1. The van der Waals surface area contributed by atoms with E-state index >= 15 is 0 Å². The van der Waals surface area contributed by atoms with Gasteiger partial charge in [0, 0.05) is 11.6 Å². The highest BCUT2D eigenvalue weighted by atomic mass is 31.1. The molecule has 1 heterocycles. The van der Waals surface area contributed by atoms with Crippen LogP contribution in [0.2, 0.25) is 0 Å². The lowest BCUT2D eigenvalue weighted by atomic mass is 9.56. The highest BCUT2D eigenvalue weighted by Gasteiger charge is 2.50. The van der Waals surface area contributed by atoms with Crippen molar-refractivity contribution < 1.29 is 4.74 Å². The Morgan fingerprint density at radius 2 is 1.43 bits per heavy atom. The van der Waals surface area contributed by atoms with Crippen LogP contribution in [0.4, 0.5) is 0 Å². The maximum atomic E-state index is 6.41. The number of rotatable bonds is 5. The van der Waals surface area contributed by atoms with Crippen molar-refractivity contribution in [3.05, 3.63) is 60.7 Å². The molecule has 3 unspecified atom stereocenters. The van der Waals surface area contributed by atoms with Crippen LogP contribution in [0.25, 0.3) is 0 Å². The lowest BCUT2D eigenvalue weighted by Gasteiger charge is -2.49. The molecule has 30 heavy (non-hydrogen) atoms. The van der Waals surface area contributed by atoms with Gasteiger partial charge in [-0.3, -0.25) is 0 Å². The molecular weight excluding hydrogens is 385 g/mol. The Balaban J connectivity index is 1.40. The van der Waals surface area contributed by atoms with Gasteiger partial charge in [-0.2, -0.15) is 0 Å². The minimum Gasteiger partial charge on any atom is -0.478 e. The van der Waals surface area contributed by atoms with Gasteiger partial charge < -0.3 is 4.74 Å². The molecule has 2 aromatic rings. The number of fused-ring (bicyclic) bond motifs is 2. The number of benzene rings is 2. The smallest absolute Gasteiger partial charge is 0.190 e. The zero-order valence-electron chi connectivity index (χ0n) is 18.3. The molecule has 1 aliphatic heterocycles. The molecule has 0 spiro atoms. The Hall–Kier alpha value is -1.66. The van der Waals surface area contributed by atoms with E-state index in [4.69, 9.17) is 9.73 Å². The first kappa shape index (κ1) is 20.3. The Kier molecular flexibility index (Phi) is 5.71. The average molecular weight is 420 g/mol. The predicted octanol–water partition coefficient (Wildman–Crippen LogP) is 5.77. The first-order valence-corrected chi connectivity index (χ1v) is 13.2. The fourth-order valence-corrected chi connectivity index (χ4v) is 8.94. The van der Waals surface area contributed by atoms with E-state index in [1.807, 2.05) is 0 Å². The summed E-state index contributed by atoms with van der Waals surface area (Å²) in [4.78, 5) is 5.29. The summed E-state index contributed by atoms with van der Waals surface area (Å²) in [6, 6.07) is 22.3. The first-order chi connectivity index (χ1) is 14.6. The van der Waals surface area contributed by atoms with Crippen LogP contribution in [0, 0.1) is 23.2 Å². The molecule has 0 amide bonds. The Labute approximate surface area is 182 Å². The summed E-state index contributed by atoms with van der Waals surface area (Å²) in [6.45, 7) is 5.64. The van der Waals surface area contributed by atoms with Crippen molar-refractivity contribution in [2.75, 3.05) is 12.8 Å². The fraction of sp³-hybridized carbons (Fsp3) is 0.519. The number of hydrogen-bond acceptors (Lipinski definition) is 2. The third-order valence-corrected chi connectivity index (χ3v) is 9.95. The molecule has 0 N–H and O–H groups in total. The highest BCUT2D eigenvalue weighted by Crippen LogP contribution is 2.54. The largest absolute Gasteiger partial charge is 0.478 e. The van der Waals surface area contributed by atoms with Gasteiger partial charge >= 0.3 is 0 Å². The zero-order valence-corrected chi connectivity index (χ0v) is 19.2. The second-order valence-corrected chi connectivity index (χ2v) is 12.4. The summed E-state index contributed by atoms with van der Waals surface area (Å²) in [5.74, 6) is 3.58. The maximum absolute atomic E-state index is 6.41. The molecule has 0 saturated heterocycles. The lowest BCUT2D eigenvalue weighted by molar-refractivity contribution is 0.0531. The standard InChI is InChI=1S/C27H34NOP/c1-20-13-22-14-21(2)16-27(15-20,17-22)26-28-23(18-29-26)19-30(24-9-5-3-6-10-24)25-11-7-4-8-12-25/h3-12,20-23H,13-19H2,1-2H3. The molecule has 3 aliphatic rings. The van der Waals surface area contributed by atoms with Gasteiger partial charge in [0.15, 0.2) is 5.90 Å². The number of aliphatic imine (C=N–C) groups is 1. The summed E-state index contributed by atoms with van der Waals surface area (Å²) < 4.78 is 6.41. The molecule has 3 atom stereocenters. The maximum Gasteiger partial charge on any atom is 0.190 e. The van der Waals surface area contributed by atoms with Gasteiger partial charge in [0.25, 0.3) is 0 Å². The van der Waals surface area contributed by atoms with Gasteiger partial charge in [0.1, 0.15) is 6.61 Å². The molecule has 0 aromatic heterocycles.